The van der Waals surface area contributed by atoms with Crippen molar-refractivity contribution in [1.82, 2.24) is 5.32 Å². The minimum Gasteiger partial charge on any atom is -0.393 e. The van der Waals surface area contributed by atoms with E-state index in [1.807, 2.05) is 24.3 Å². The number of aliphatic hydroxyl groups is 1. The van der Waals surface area contributed by atoms with Gasteiger partial charge < -0.3 is 16.2 Å². The average Bonchev–Trinajstić information content (AvgIpc) is 2.76. The SMILES string of the molecule is CCCCCCCCCCCC(O)CCCCCC(=O)NCc1ccccc1CN. The third kappa shape index (κ3) is 13.8. The molecule has 4 nitrogen and oxygen atoms in total. The second-order valence-electron chi connectivity index (χ2n) is 8.62. The minimum atomic E-state index is -0.170. The zero-order valence-electron chi connectivity index (χ0n) is 19.3. The number of nitrogens with one attached hydrogen (secondary N) is 1. The summed E-state index contributed by atoms with van der Waals surface area (Å²) in [5.74, 6) is 0.0945. The Morgan fingerprint density at radius 2 is 1.40 bits per heavy atom. The van der Waals surface area contributed by atoms with Crippen LogP contribution in [0.5, 0.6) is 0 Å². The molecule has 0 fully saturated rings. The highest BCUT2D eigenvalue weighted by Crippen LogP contribution is 2.14. The maximum atomic E-state index is 12.0. The zero-order chi connectivity index (χ0) is 21.9. The summed E-state index contributed by atoms with van der Waals surface area (Å²) in [4.78, 5) is 12.0. The molecule has 4 N–H and O–H groups in total. The topological polar surface area (TPSA) is 75.3 Å². The van der Waals surface area contributed by atoms with Crippen LogP contribution >= 0.6 is 0 Å². The van der Waals surface area contributed by atoms with Crippen molar-refractivity contribution in [2.75, 3.05) is 0 Å². The molecule has 0 aliphatic heterocycles. The molecule has 1 rings (SSSR count). The van der Waals surface area contributed by atoms with E-state index >= 15 is 0 Å². The van der Waals surface area contributed by atoms with E-state index in [2.05, 4.69) is 12.2 Å². The Morgan fingerprint density at radius 3 is 2.00 bits per heavy atom. The van der Waals surface area contributed by atoms with E-state index in [1.54, 1.807) is 0 Å². The Kier molecular flexibility index (Phi) is 16.3. The van der Waals surface area contributed by atoms with E-state index < -0.39 is 0 Å². The molecule has 1 aromatic carbocycles. The van der Waals surface area contributed by atoms with Gasteiger partial charge in [-0.3, -0.25) is 4.79 Å². The summed E-state index contributed by atoms with van der Waals surface area (Å²) in [6.07, 6.45) is 16.9. The summed E-state index contributed by atoms with van der Waals surface area (Å²) in [5.41, 5.74) is 7.91. The van der Waals surface area contributed by atoms with E-state index in [0.717, 1.165) is 49.7 Å². The Labute approximate surface area is 185 Å². The monoisotopic (exact) mass is 418 g/mol. The van der Waals surface area contributed by atoms with Crippen LogP contribution in [0.3, 0.4) is 0 Å². The van der Waals surface area contributed by atoms with Crippen LogP contribution in [0.1, 0.15) is 114 Å². The Morgan fingerprint density at radius 1 is 0.867 bits per heavy atom. The predicted octanol–water partition coefficient (Wildman–Crippen LogP) is 5.99. The smallest absolute Gasteiger partial charge is 0.220 e. The van der Waals surface area contributed by atoms with Gasteiger partial charge in [0.25, 0.3) is 0 Å². The highest BCUT2D eigenvalue weighted by atomic mass is 16.3. The second-order valence-corrected chi connectivity index (χ2v) is 8.62. The predicted molar refractivity (Wildman–Crippen MR) is 127 cm³/mol. The molecule has 0 heterocycles. The number of carbonyl (C=O) groups is 1. The van der Waals surface area contributed by atoms with Gasteiger partial charge >= 0.3 is 0 Å². The van der Waals surface area contributed by atoms with Crippen LogP contribution in [0.4, 0.5) is 0 Å². The third-order valence-electron chi connectivity index (χ3n) is 5.90. The number of amides is 1. The zero-order valence-corrected chi connectivity index (χ0v) is 19.3. The van der Waals surface area contributed by atoms with Gasteiger partial charge in [0.1, 0.15) is 0 Å². The number of rotatable bonds is 19. The van der Waals surface area contributed by atoms with Crippen LogP contribution in [0, 0.1) is 0 Å². The van der Waals surface area contributed by atoms with E-state index in [-0.39, 0.29) is 12.0 Å². The normalized spacial score (nSPS) is 12.1. The van der Waals surface area contributed by atoms with Crippen molar-refractivity contribution < 1.29 is 9.90 Å². The number of benzene rings is 1. The number of aliphatic hydroxyl groups excluding tert-OH is 1. The van der Waals surface area contributed by atoms with Crippen LogP contribution in [-0.4, -0.2) is 17.1 Å². The molecule has 30 heavy (non-hydrogen) atoms. The molecule has 0 spiro atoms. The standard InChI is InChI=1S/C26H46N2O2/c1-2-3-4-5-6-7-8-9-11-18-25(29)19-12-10-13-20-26(30)28-22-24-17-15-14-16-23(24)21-27/h14-17,25,29H,2-13,18-22,27H2,1H3,(H,28,30). The van der Waals surface area contributed by atoms with Gasteiger partial charge in [-0.2, -0.15) is 0 Å². The minimum absolute atomic E-state index is 0.0945. The number of nitrogens with two attached hydrogens (primary N) is 1. The van der Waals surface area contributed by atoms with E-state index in [9.17, 15) is 9.90 Å². The summed E-state index contributed by atoms with van der Waals surface area (Å²) in [6.45, 7) is 3.30. The fourth-order valence-corrected chi connectivity index (χ4v) is 3.89. The lowest BCUT2D eigenvalue weighted by atomic mass is 10.0. The molecule has 0 saturated carbocycles. The Bertz CT molecular complexity index is 548. The van der Waals surface area contributed by atoms with Crippen LogP contribution in [0.25, 0.3) is 0 Å². The van der Waals surface area contributed by atoms with Gasteiger partial charge in [-0.05, 0) is 30.4 Å². The summed E-state index contributed by atoms with van der Waals surface area (Å²) >= 11 is 0. The molecule has 1 atom stereocenters. The van der Waals surface area contributed by atoms with Crippen molar-refractivity contribution in [3.8, 4) is 0 Å². The van der Waals surface area contributed by atoms with Crippen LogP contribution < -0.4 is 11.1 Å². The summed E-state index contributed by atoms with van der Waals surface area (Å²) in [5, 5.41) is 13.1. The Hall–Kier alpha value is -1.39. The van der Waals surface area contributed by atoms with Crippen molar-refractivity contribution in [3.05, 3.63) is 35.4 Å². The van der Waals surface area contributed by atoms with Crippen molar-refractivity contribution in [2.45, 2.75) is 122 Å². The fourth-order valence-electron chi connectivity index (χ4n) is 3.89. The second kappa shape index (κ2) is 18.4. The molecular weight excluding hydrogens is 372 g/mol. The van der Waals surface area contributed by atoms with Crippen LogP contribution in [0.15, 0.2) is 24.3 Å². The molecule has 0 aliphatic carbocycles. The Balaban J connectivity index is 1.93. The first-order chi connectivity index (χ1) is 14.7. The first-order valence-corrected chi connectivity index (χ1v) is 12.4. The largest absolute Gasteiger partial charge is 0.393 e. The highest BCUT2D eigenvalue weighted by Gasteiger charge is 2.06. The molecule has 4 heteroatoms. The van der Waals surface area contributed by atoms with Gasteiger partial charge in [0, 0.05) is 19.5 Å². The van der Waals surface area contributed by atoms with Gasteiger partial charge in [0.15, 0.2) is 0 Å². The van der Waals surface area contributed by atoms with Crippen LogP contribution in [-0.2, 0) is 17.9 Å². The number of hydrogen-bond donors (Lipinski definition) is 3. The molecule has 0 saturated heterocycles. The fraction of sp³-hybridized carbons (Fsp3) is 0.731. The first-order valence-electron chi connectivity index (χ1n) is 12.4. The van der Waals surface area contributed by atoms with Crippen LogP contribution in [0.2, 0.25) is 0 Å². The lowest BCUT2D eigenvalue weighted by molar-refractivity contribution is -0.121. The van der Waals surface area contributed by atoms with Crippen molar-refractivity contribution >= 4 is 5.91 Å². The molecule has 1 aromatic rings. The summed E-state index contributed by atoms with van der Waals surface area (Å²) < 4.78 is 0. The number of carbonyl (C=O) groups excluding carboxylic acids is 1. The first kappa shape index (κ1) is 26.6. The van der Waals surface area contributed by atoms with E-state index in [0.29, 0.717) is 19.5 Å². The van der Waals surface area contributed by atoms with Gasteiger partial charge in [-0.25, -0.2) is 0 Å². The molecule has 0 aromatic heterocycles. The molecule has 0 radical (unpaired) electrons. The van der Waals surface area contributed by atoms with Gasteiger partial charge in [-0.15, -0.1) is 0 Å². The lowest BCUT2D eigenvalue weighted by Crippen LogP contribution is -2.23. The number of hydrogen-bond acceptors (Lipinski definition) is 3. The van der Waals surface area contributed by atoms with E-state index in [1.165, 1.54) is 51.4 Å². The van der Waals surface area contributed by atoms with Crippen molar-refractivity contribution in [1.29, 1.82) is 0 Å². The molecular formula is C26H46N2O2. The highest BCUT2D eigenvalue weighted by molar-refractivity contribution is 5.75. The molecule has 0 aliphatic rings. The molecule has 1 amide bonds. The third-order valence-corrected chi connectivity index (χ3v) is 5.90. The van der Waals surface area contributed by atoms with Crippen molar-refractivity contribution in [3.63, 3.8) is 0 Å². The van der Waals surface area contributed by atoms with Crippen molar-refractivity contribution in [2.24, 2.45) is 5.73 Å². The van der Waals surface area contributed by atoms with Gasteiger partial charge in [-0.1, -0.05) is 102 Å². The molecule has 0 bridgehead atoms. The molecule has 172 valence electrons. The average molecular weight is 419 g/mol. The quantitative estimate of drug-likeness (QED) is 0.241. The van der Waals surface area contributed by atoms with E-state index in [4.69, 9.17) is 5.73 Å². The summed E-state index contributed by atoms with van der Waals surface area (Å²) in [7, 11) is 0. The lowest BCUT2D eigenvalue weighted by Gasteiger charge is -2.11. The summed E-state index contributed by atoms with van der Waals surface area (Å²) in [6, 6.07) is 7.96. The van der Waals surface area contributed by atoms with Gasteiger partial charge in [0.05, 0.1) is 6.10 Å². The maximum absolute atomic E-state index is 12.0. The number of unbranched alkanes of at least 4 members (excludes halogenated alkanes) is 10. The molecule has 1 unspecified atom stereocenters. The maximum Gasteiger partial charge on any atom is 0.220 e. The van der Waals surface area contributed by atoms with Gasteiger partial charge in [0.2, 0.25) is 5.91 Å².